The van der Waals surface area contributed by atoms with Crippen molar-refractivity contribution in [2.45, 2.75) is 6.61 Å². The van der Waals surface area contributed by atoms with Crippen molar-refractivity contribution in [3.05, 3.63) is 101 Å². The van der Waals surface area contributed by atoms with Crippen LogP contribution < -0.4 is 4.74 Å². The predicted molar refractivity (Wildman–Crippen MR) is 111 cm³/mol. The van der Waals surface area contributed by atoms with Gasteiger partial charge in [-0.3, -0.25) is 0 Å². The largest absolute Gasteiger partial charge is 0.489 e. The van der Waals surface area contributed by atoms with E-state index >= 15 is 0 Å². The molecule has 0 spiro atoms. The molecule has 0 N–H and O–H groups in total. The Morgan fingerprint density at radius 1 is 0.731 bits per heavy atom. The second kappa shape index (κ2) is 7.77. The summed E-state index contributed by atoms with van der Waals surface area (Å²) in [4.78, 5) is 1.09. The molecule has 1 nitrogen and oxygen atoms in total. The normalized spacial score (nSPS) is 10.7. The van der Waals surface area contributed by atoms with Crippen LogP contribution in [-0.2, 0) is 6.61 Å². The number of rotatable bonds is 5. The van der Waals surface area contributed by atoms with E-state index in [1.54, 1.807) is 11.3 Å². The molecule has 0 saturated carbocycles. The lowest BCUT2D eigenvalue weighted by molar-refractivity contribution is 0.307. The van der Waals surface area contributed by atoms with E-state index in [1.165, 1.54) is 11.1 Å². The van der Waals surface area contributed by atoms with Crippen LogP contribution >= 0.6 is 22.9 Å². The molecule has 0 aliphatic rings. The van der Waals surface area contributed by atoms with Crippen LogP contribution in [0.1, 0.15) is 5.56 Å². The minimum Gasteiger partial charge on any atom is -0.489 e. The average molecular weight is 377 g/mol. The molecule has 1 aromatic heterocycles. The summed E-state index contributed by atoms with van der Waals surface area (Å²) in [5.41, 5.74) is 4.65. The van der Waals surface area contributed by atoms with E-state index in [0.29, 0.717) is 6.61 Å². The van der Waals surface area contributed by atoms with Crippen LogP contribution in [0.15, 0.2) is 90.3 Å². The maximum Gasteiger partial charge on any atom is 0.119 e. The van der Waals surface area contributed by atoms with E-state index in [-0.39, 0.29) is 0 Å². The fourth-order valence-corrected chi connectivity index (χ4v) is 4.11. The standard InChI is InChI=1S/C23H17ClOS/c24-22-14-15-26-23(22)21-9-5-4-8-19(21)16-25-20-12-10-18(11-13-20)17-6-2-1-3-7-17/h1-15H,16H2. The Labute approximate surface area is 162 Å². The number of thiophene rings is 1. The molecule has 0 aliphatic carbocycles. The summed E-state index contributed by atoms with van der Waals surface area (Å²) in [6, 6.07) is 28.7. The number of benzene rings is 3. The van der Waals surface area contributed by atoms with Crippen LogP contribution in [-0.4, -0.2) is 0 Å². The Bertz CT molecular complexity index is 990. The maximum atomic E-state index is 6.31. The summed E-state index contributed by atoms with van der Waals surface area (Å²) in [6.45, 7) is 0.509. The highest BCUT2D eigenvalue weighted by Gasteiger charge is 2.10. The molecule has 1 heterocycles. The van der Waals surface area contributed by atoms with Crippen LogP contribution in [0.25, 0.3) is 21.6 Å². The molecule has 4 aromatic rings. The van der Waals surface area contributed by atoms with Gasteiger partial charge in [-0.15, -0.1) is 11.3 Å². The molecule has 0 aliphatic heterocycles. The first-order chi connectivity index (χ1) is 12.8. The van der Waals surface area contributed by atoms with E-state index in [0.717, 1.165) is 26.8 Å². The second-order valence-electron chi connectivity index (χ2n) is 5.93. The van der Waals surface area contributed by atoms with Gasteiger partial charge in [0.05, 0.1) is 9.90 Å². The van der Waals surface area contributed by atoms with Crippen molar-refractivity contribution < 1.29 is 4.74 Å². The fraction of sp³-hybridized carbons (Fsp3) is 0.0435. The van der Waals surface area contributed by atoms with Gasteiger partial charge in [0.25, 0.3) is 0 Å². The molecule has 0 unspecified atom stereocenters. The molecule has 0 atom stereocenters. The van der Waals surface area contributed by atoms with Gasteiger partial charge in [-0.2, -0.15) is 0 Å². The molecule has 0 saturated heterocycles. The third kappa shape index (κ3) is 3.67. The lowest BCUT2D eigenvalue weighted by Crippen LogP contribution is -1.97. The van der Waals surface area contributed by atoms with Crippen molar-refractivity contribution >= 4 is 22.9 Å². The second-order valence-corrected chi connectivity index (χ2v) is 7.26. The molecule has 0 amide bonds. The highest BCUT2D eigenvalue weighted by molar-refractivity contribution is 7.14. The summed E-state index contributed by atoms with van der Waals surface area (Å²) < 4.78 is 6.02. The molecule has 0 radical (unpaired) electrons. The predicted octanol–water partition coefficient (Wildman–Crippen LogP) is 7.31. The van der Waals surface area contributed by atoms with Crippen molar-refractivity contribution in [1.29, 1.82) is 0 Å². The fourth-order valence-electron chi connectivity index (χ4n) is 2.89. The zero-order valence-corrected chi connectivity index (χ0v) is 15.6. The van der Waals surface area contributed by atoms with E-state index in [4.69, 9.17) is 16.3 Å². The van der Waals surface area contributed by atoms with Gasteiger partial charge in [-0.05, 0) is 45.8 Å². The Hall–Kier alpha value is -2.55. The van der Waals surface area contributed by atoms with Crippen LogP contribution in [0, 0.1) is 0 Å². The number of halogens is 1. The molecule has 3 heteroatoms. The SMILES string of the molecule is Clc1ccsc1-c1ccccc1COc1ccc(-c2ccccc2)cc1. The van der Waals surface area contributed by atoms with Gasteiger partial charge in [0.2, 0.25) is 0 Å². The minimum atomic E-state index is 0.509. The minimum absolute atomic E-state index is 0.509. The average Bonchev–Trinajstić information content (AvgIpc) is 3.13. The van der Waals surface area contributed by atoms with Crippen molar-refractivity contribution in [3.63, 3.8) is 0 Å². The first kappa shape index (κ1) is 16.9. The summed E-state index contributed by atoms with van der Waals surface area (Å²) in [6.07, 6.45) is 0. The van der Waals surface area contributed by atoms with Crippen molar-refractivity contribution in [2.24, 2.45) is 0 Å². The van der Waals surface area contributed by atoms with Gasteiger partial charge in [0.1, 0.15) is 12.4 Å². The van der Waals surface area contributed by atoms with Crippen molar-refractivity contribution in [2.75, 3.05) is 0 Å². The Kier molecular flexibility index (Phi) is 5.05. The van der Waals surface area contributed by atoms with Gasteiger partial charge < -0.3 is 4.74 Å². The first-order valence-corrected chi connectivity index (χ1v) is 9.66. The van der Waals surface area contributed by atoms with Gasteiger partial charge in [-0.25, -0.2) is 0 Å². The highest BCUT2D eigenvalue weighted by Crippen LogP contribution is 2.35. The van der Waals surface area contributed by atoms with Gasteiger partial charge in [0.15, 0.2) is 0 Å². The summed E-state index contributed by atoms with van der Waals surface area (Å²) in [7, 11) is 0. The Balaban J connectivity index is 1.51. The summed E-state index contributed by atoms with van der Waals surface area (Å²) in [5.74, 6) is 0.858. The Morgan fingerprint density at radius 2 is 1.42 bits per heavy atom. The van der Waals surface area contributed by atoms with Crippen LogP contribution in [0.2, 0.25) is 5.02 Å². The molecule has 0 fully saturated rings. The molecule has 4 rings (SSSR count). The third-order valence-electron chi connectivity index (χ3n) is 4.23. The number of ether oxygens (including phenoxy) is 1. The zero-order valence-electron chi connectivity index (χ0n) is 14.1. The zero-order chi connectivity index (χ0) is 17.8. The molecule has 128 valence electrons. The molecular formula is C23H17ClOS. The molecule has 3 aromatic carbocycles. The number of hydrogen-bond acceptors (Lipinski definition) is 2. The molecule has 26 heavy (non-hydrogen) atoms. The maximum absolute atomic E-state index is 6.31. The van der Waals surface area contributed by atoms with Crippen molar-refractivity contribution in [3.8, 4) is 27.3 Å². The van der Waals surface area contributed by atoms with E-state index in [9.17, 15) is 0 Å². The highest BCUT2D eigenvalue weighted by atomic mass is 35.5. The monoisotopic (exact) mass is 376 g/mol. The third-order valence-corrected chi connectivity index (χ3v) is 5.61. The van der Waals surface area contributed by atoms with E-state index < -0.39 is 0 Å². The van der Waals surface area contributed by atoms with Gasteiger partial charge in [-0.1, -0.05) is 78.3 Å². The lowest BCUT2D eigenvalue weighted by Gasteiger charge is -2.11. The Morgan fingerprint density at radius 3 is 2.15 bits per heavy atom. The van der Waals surface area contributed by atoms with Crippen LogP contribution in [0.5, 0.6) is 5.75 Å². The molecular weight excluding hydrogens is 360 g/mol. The number of hydrogen-bond donors (Lipinski definition) is 0. The first-order valence-electron chi connectivity index (χ1n) is 8.41. The summed E-state index contributed by atoms with van der Waals surface area (Å²) in [5, 5.41) is 2.80. The van der Waals surface area contributed by atoms with Crippen LogP contribution in [0.4, 0.5) is 0 Å². The van der Waals surface area contributed by atoms with Gasteiger partial charge >= 0.3 is 0 Å². The van der Waals surface area contributed by atoms with E-state index in [2.05, 4.69) is 36.4 Å². The van der Waals surface area contributed by atoms with Gasteiger partial charge in [0, 0.05) is 0 Å². The topological polar surface area (TPSA) is 9.23 Å². The molecule has 0 bridgehead atoms. The quantitative estimate of drug-likeness (QED) is 0.354. The smallest absolute Gasteiger partial charge is 0.119 e. The lowest BCUT2D eigenvalue weighted by atomic mass is 10.1. The van der Waals surface area contributed by atoms with E-state index in [1.807, 2.05) is 53.9 Å². The summed E-state index contributed by atoms with van der Waals surface area (Å²) >= 11 is 7.96. The van der Waals surface area contributed by atoms with Crippen LogP contribution in [0.3, 0.4) is 0 Å². The van der Waals surface area contributed by atoms with Crippen molar-refractivity contribution in [1.82, 2.24) is 0 Å².